The van der Waals surface area contributed by atoms with Gasteiger partial charge in [-0.2, -0.15) is 0 Å². The molecule has 2 heteroatoms. The molecule has 0 unspecified atom stereocenters. The van der Waals surface area contributed by atoms with Crippen LogP contribution in [0.15, 0.2) is 30.3 Å². The molecule has 1 heterocycles. The summed E-state index contributed by atoms with van der Waals surface area (Å²) in [5.41, 5.74) is 1.42. The molecule has 1 aliphatic rings. The fourth-order valence-corrected chi connectivity index (χ4v) is 2.79. The molecule has 1 aliphatic heterocycles. The smallest absolute Gasteiger partial charge is 0.0230 e. The van der Waals surface area contributed by atoms with Gasteiger partial charge in [-0.1, -0.05) is 30.3 Å². The first-order valence-corrected chi connectivity index (χ1v) is 7.28. The number of benzene rings is 1. The minimum Gasteiger partial charge on any atom is -0.317 e. The molecule has 0 amide bonds. The highest BCUT2D eigenvalue weighted by Crippen LogP contribution is 2.17. The van der Waals surface area contributed by atoms with E-state index in [4.69, 9.17) is 0 Å². The van der Waals surface area contributed by atoms with E-state index < -0.39 is 0 Å². The Hall–Kier alpha value is -0.860. The third-order valence-corrected chi connectivity index (χ3v) is 3.91. The Morgan fingerprint density at radius 2 is 1.89 bits per heavy atom. The van der Waals surface area contributed by atoms with Crippen LogP contribution in [0.5, 0.6) is 0 Å². The van der Waals surface area contributed by atoms with E-state index >= 15 is 0 Å². The fourth-order valence-electron chi connectivity index (χ4n) is 2.79. The van der Waals surface area contributed by atoms with Crippen LogP contribution in [0, 0.1) is 5.92 Å². The molecule has 100 valence electrons. The Morgan fingerprint density at radius 3 is 2.61 bits per heavy atom. The number of hydrogen-bond acceptors (Lipinski definition) is 2. The maximum Gasteiger partial charge on any atom is 0.0230 e. The highest BCUT2D eigenvalue weighted by molar-refractivity contribution is 5.14. The lowest BCUT2D eigenvalue weighted by Gasteiger charge is -2.23. The first kappa shape index (κ1) is 13.6. The monoisotopic (exact) mass is 246 g/mol. The van der Waals surface area contributed by atoms with Crippen LogP contribution in [-0.2, 0) is 6.54 Å². The molecule has 0 atom stereocenters. The van der Waals surface area contributed by atoms with Crippen LogP contribution >= 0.6 is 0 Å². The second-order valence-corrected chi connectivity index (χ2v) is 5.56. The third kappa shape index (κ3) is 4.79. The van der Waals surface area contributed by atoms with Crippen molar-refractivity contribution in [2.45, 2.75) is 32.2 Å². The molecule has 1 aromatic carbocycles. The van der Waals surface area contributed by atoms with Crippen LogP contribution in [0.1, 0.15) is 31.2 Å². The minimum atomic E-state index is 0.969. The van der Waals surface area contributed by atoms with Gasteiger partial charge in [0.2, 0.25) is 0 Å². The average molecular weight is 246 g/mol. The summed E-state index contributed by atoms with van der Waals surface area (Å²) in [6, 6.07) is 10.8. The van der Waals surface area contributed by atoms with Gasteiger partial charge in [-0.25, -0.2) is 0 Å². The molecule has 1 fully saturated rings. The Labute approximate surface area is 111 Å². The van der Waals surface area contributed by atoms with Crippen LogP contribution in [0.25, 0.3) is 0 Å². The van der Waals surface area contributed by atoms with Crippen LogP contribution in [0.2, 0.25) is 0 Å². The van der Waals surface area contributed by atoms with Gasteiger partial charge >= 0.3 is 0 Å². The van der Waals surface area contributed by atoms with Crippen LogP contribution in [-0.4, -0.2) is 31.6 Å². The van der Waals surface area contributed by atoms with Gasteiger partial charge in [0.1, 0.15) is 0 Å². The maximum absolute atomic E-state index is 3.44. The fraction of sp³-hybridized carbons (Fsp3) is 0.625. The lowest BCUT2D eigenvalue weighted by atomic mass is 9.93. The van der Waals surface area contributed by atoms with Crippen molar-refractivity contribution in [1.82, 2.24) is 10.2 Å². The summed E-state index contributed by atoms with van der Waals surface area (Å²) in [4.78, 5) is 2.44. The standard InChI is InChI=1S/C16H26N2/c1-18(14-16-6-3-2-4-7-16)13-5-8-15-9-11-17-12-10-15/h2-4,6-7,15,17H,5,8-14H2,1H3. The molecule has 0 spiro atoms. The minimum absolute atomic E-state index is 0.969. The van der Waals surface area contributed by atoms with Crippen molar-refractivity contribution < 1.29 is 0 Å². The molecule has 0 radical (unpaired) electrons. The summed E-state index contributed by atoms with van der Waals surface area (Å²) in [7, 11) is 2.23. The SMILES string of the molecule is CN(CCCC1CCNCC1)Cc1ccccc1. The highest BCUT2D eigenvalue weighted by Gasteiger charge is 2.12. The Kier molecular flexibility index (Phi) is 5.69. The molecule has 1 N–H and O–H groups in total. The number of hydrogen-bond donors (Lipinski definition) is 1. The van der Waals surface area contributed by atoms with Gasteiger partial charge in [-0.3, -0.25) is 0 Å². The summed E-state index contributed by atoms with van der Waals surface area (Å²) >= 11 is 0. The second kappa shape index (κ2) is 7.55. The van der Waals surface area contributed by atoms with E-state index in [1.54, 1.807) is 0 Å². The zero-order valence-corrected chi connectivity index (χ0v) is 11.6. The van der Waals surface area contributed by atoms with Crippen LogP contribution in [0.3, 0.4) is 0 Å². The van der Waals surface area contributed by atoms with Crippen molar-refractivity contribution in [3.8, 4) is 0 Å². The molecule has 0 bridgehead atoms. The second-order valence-electron chi connectivity index (χ2n) is 5.56. The van der Waals surface area contributed by atoms with Gasteiger partial charge in [0.05, 0.1) is 0 Å². The van der Waals surface area contributed by atoms with Gasteiger partial charge in [-0.15, -0.1) is 0 Å². The van der Waals surface area contributed by atoms with Crippen molar-refractivity contribution in [1.29, 1.82) is 0 Å². The van der Waals surface area contributed by atoms with E-state index in [2.05, 4.69) is 47.6 Å². The van der Waals surface area contributed by atoms with Crippen molar-refractivity contribution >= 4 is 0 Å². The van der Waals surface area contributed by atoms with Crippen LogP contribution in [0.4, 0.5) is 0 Å². The summed E-state index contributed by atoms with van der Waals surface area (Å²) < 4.78 is 0. The van der Waals surface area contributed by atoms with Crippen molar-refractivity contribution in [3.63, 3.8) is 0 Å². The third-order valence-electron chi connectivity index (χ3n) is 3.91. The van der Waals surface area contributed by atoms with Crippen molar-refractivity contribution in [2.24, 2.45) is 5.92 Å². The zero-order valence-electron chi connectivity index (χ0n) is 11.6. The average Bonchev–Trinajstić information content (AvgIpc) is 2.41. The van der Waals surface area contributed by atoms with Crippen LogP contribution < -0.4 is 5.32 Å². The Morgan fingerprint density at radius 1 is 1.17 bits per heavy atom. The Bertz CT molecular complexity index is 317. The molecule has 18 heavy (non-hydrogen) atoms. The topological polar surface area (TPSA) is 15.3 Å². The molecular weight excluding hydrogens is 220 g/mol. The molecule has 0 saturated carbocycles. The molecule has 1 saturated heterocycles. The molecule has 0 aromatic heterocycles. The summed E-state index contributed by atoms with van der Waals surface area (Å²) in [5, 5.41) is 3.44. The summed E-state index contributed by atoms with van der Waals surface area (Å²) in [6.45, 7) is 4.75. The summed E-state index contributed by atoms with van der Waals surface area (Å²) in [5.74, 6) is 0.969. The van der Waals surface area contributed by atoms with Crippen molar-refractivity contribution in [3.05, 3.63) is 35.9 Å². The van der Waals surface area contributed by atoms with E-state index in [-0.39, 0.29) is 0 Å². The number of nitrogens with one attached hydrogen (secondary N) is 1. The van der Waals surface area contributed by atoms with E-state index in [1.165, 1.54) is 50.9 Å². The van der Waals surface area contributed by atoms with E-state index in [0.717, 1.165) is 12.5 Å². The predicted molar refractivity (Wildman–Crippen MR) is 77.6 cm³/mol. The normalized spacial score (nSPS) is 17.2. The van der Waals surface area contributed by atoms with E-state index in [1.807, 2.05) is 0 Å². The molecule has 0 aliphatic carbocycles. The predicted octanol–water partition coefficient (Wildman–Crippen LogP) is 2.90. The van der Waals surface area contributed by atoms with Gasteiger partial charge < -0.3 is 10.2 Å². The van der Waals surface area contributed by atoms with E-state index in [9.17, 15) is 0 Å². The van der Waals surface area contributed by atoms with Gasteiger partial charge in [-0.05, 0) is 63.8 Å². The molecular formula is C16H26N2. The number of nitrogens with zero attached hydrogens (tertiary/aromatic N) is 1. The van der Waals surface area contributed by atoms with Gasteiger partial charge in [0, 0.05) is 6.54 Å². The highest BCUT2D eigenvalue weighted by atomic mass is 15.1. The molecule has 2 rings (SSSR count). The lowest BCUT2D eigenvalue weighted by molar-refractivity contribution is 0.286. The van der Waals surface area contributed by atoms with Gasteiger partial charge in [0.15, 0.2) is 0 Å². The molecule has 1 aromatic rings. The quantitative estimate of drug-likeness (QED) is 0.830. The zero-order chi connectivity index (χ0) is 12.6. The maximum atomic E-state index is 3.44. The first-order chi connectivity index (χ1) is 8.84. The largest absolute Gasteiger partial charge is 0.317 e. The number of rotatable bonds is 6. The van der Waals surface area contributed by atoms with Crippen molar-refractivity contribution in [2.75, 3.05) is 26.7 Å². The first-order valence-electron chi connectivity index (χ1n) is 7.28. The molecule has 2 nitrogen and oxygen atoms in total. The van der Waals surface area contributed by atoms with E-state index in [0.29, 0.717) is 0 Å². The summed E-state index contributed by atoms with van der Waals surface area (Å²) in [6.07, 6.45) is 5.50. The van der Waals surface area contributed by atoms with Gasteiger partial charge in [0.25, 0.3) is 0 Å². The Balaban J connectivity index is 1.61. The lowest BCUT2D eigenvalue weighted by Crippen LogP contribution is -2.28. The number of piperidine rings is 1.